The van der Waals surface area contributed by atoms with Crippen LogP contribution in [0.3, 0.4) is 0 Å². The van der Waals surface area contributed by atoms with Gasteiger partial charge in [0, 0.05) is 18.5 Å². The smallest absolute Gasteiger partial charge is 0.145 e. The van der Waals surface area contributed by atoms with Crippen molar-refractivity contribution in [1.82, 2.24) is 0 Å². The summed E-state index contributed by atoms with van der Waals surface area (Å²) < 4.78 is 7.43. The van der Waals surface area contributed by atoms with Crippen LogP contribution in [-0.4, -0.2) is 11.8 Å². The molecule has 0 aromatic rings. The Bertz CT molecular complexity index is 253. The van der Waals surface area contributed by atoms with E-state index in [9.17, 15) is 0 Å². The van der Waals surface area contributed by atoms with E-state index in [2.05, 4.69) is 5.16 Å². The molecule has 1 heterocycles. The van der Waals surface area contributed by atoms with Crippen molar-refractivity contribution in [2.75, 3.05) is 0 Å². The van der Waals surface area contributed by atoms with E-state index in [1.807, 2.05) is 0 Å². The van der Waals surface area contributed by atoms with Gasteiger partial charge < -0.3 is 4.84 Å². The number of fused-ring (bicyclic) bond motifs is 3. The molecule has 0 saturated heterocycles. The van der Waals surface area contributed by atoms with E-state index in [1.54, 1.807) is 0 Å². The standard InChI is InChI=1S/C9H13NO/c1-2-8-5-7(1)6-9(8)3-4-10-11-9/h4,7-8H,1-3,5-6H2/i4D. The van der Waals surface area contributed by atoms with Crippen molar-refractivity contribution in [3.05, 3.63) is 0 Å². The van der Waals surface area contributed by atoms with Crippen molar-refractivity contribution in [2.24, 2.45) is 17.0 Å². The molecule has 3 rings (SSSR count). The quantitative estimate of drug-likeness (QED) is 0.520. The van der Waals surface area contributed by atoms with E-state index < -0.39 is 0 Å². The van der Waals surface area contributed by atoms with E-state index >= 15 is 0 Å². The maximum absolute atomic E-state index is 7.43. The number of nitrogens with zero attached hydrogens (tertiary/aromatic N) is 1. The molecule has 2 aliphatic carbocycles. The van der Waals surface area contributed by atoms with Crippen LogP contribution in [-0.2, 0) is 4.84 Å². The highest BCUT2D eigenvalue weighted by molar-refractivity contribution is 5.60. The third-order valence-electron chi connectivity index (χ3n) is 3.59. The fourth-order valence-corrected chi connectivity index (χ4v) is 3.04. The molecule has 2 heteroatoms. The third kappa shape index (κ3) is 0.652. The van der Waals surface area contributed by atoms with Crippen LogP contribution in [0, 0.1) is 11.8 Å². The van der Waals surface area contributed by atoms with Crippen molar-refractivity contribution in [3.63, 3.8) is 0 Å². The maximum Gasteiger partial charge on any atom is 0.145 e. The first-order valence-electron chi connectivity index (χ1n) is 5.00. The Morgan fingerprint density at radius 1 is 1.64 bits per heavy atom. The second-order valence-electron chi connectivity index (χ2n) is 4.16. The Morgan fingerprint density at radius 3 is 3.18 bits per heavy atom. The molecule has 0 aromatic carbocycles. The zero-order valence-corrected chi connectivity index (χ0v) is 6.55. The second-order valence-corrected chi connectivity index (χ2v) is 4.16. The van der Waals surface area contributed by atoms with Crippen molar-refractivity contribution in [3.8, 4) is 0 Å². The molecule has 0 aromatic heterocycles. The predicted molar refractivity (Wildman–Crippen MR) is 42.4 cm³/mol. The molecule has 0 radical (unpaired) electrons. The normalized spacial score (nSPS) is 54.5. The summed E-state index contributed by atoms with van der Waals surface area (Å²) in [5.41, 5.74) is -0.0139. The lowest BCUT2D eigenvalue weighted by Crippen LogP contribution is -2.34. The highest BCUT2D eigenvalue weighted by atomic mass is 16.7. The summed E-state index contributed by atoms with van der Waals surface area (Å²) in [7, 11) is 0. The van der Waals surface area contributed by atoms with Gasteiger partial charge in [-0.25, -0.2) is 0 Å². The molecule has 11 heavy (non-hydrogen) atoms. The van der Waals surface area contributed by atoms with E-state index in [0.717, 1.165) is 18.8 Å². The minimum absolute atomic E-state index is 0.0139. The molecule has 3 aliphatic rings. The lowest BCUT2D eigenvalue weighted by Gasteiger charge is -2.30. The largest absolute Gasteiger partial charge is 0.389 e. The third-order valence-corrected chi connectivity index (χ3v) is 3.59. The highest BCUT2D eigenvalue weighted by Gasteiger charge is 2.54. The molecule has 2 nitrogen and oxygen atoms in total. The Balaban J connectivity index is 1.86. The molecular weight excluding hydrogens is 138 g/mol. The average molecular weight is 152 g/mol. The molecule has 1 spiro atoms. The van der Waals surface area contributed by atoms with Crippen LogP contribution in [0.5, 0.6) is 0 Å². The summed E-state index contributed by atoms with van der Waals surface area (Å²) in [4.78, 5) is 5.45. The lowest BCUT2D eigenvalue weighted by atomic mass is 9.82. The molecule has 3 unspecified atom stereocenters. The SMILES string of the molecule is [2H]C1=NOC2(C1)CC1CCC2C1. The maximum atomic E-state index is 7.43. The molecule has 0 N–H and O–H groups in total. The van der Waals surface area contributed by atoms with E-state index in [4.69, 9.17) is 6.21 Å². The molecule has 0 amide bonds. The molecule has 1 aliphatic heterocycles. The van der Waals surface area contributed by atoms with Crippen LogP contribution in [0.1, 0.15) is 33.5 Å². The van der Waals surface area contributed by atoms with E-state index in [-0.39, 0.29) is 5.60 Å². The second kappa shape index (κ2) is 1.79. The highest BCUT2D eigenvalue weighted by Crippen LogP contribution is 2.54. The van der Waals surface area contributed by atoms with Gasteiger partial charge in [-0.05, 0) is 31.6 Å². The van der Waals surface area contributed by atoms with Gasteiger partial charge in [0.2, 0.25) is 0 Å². The molecule has 60 valence electrons. The summed E-state index contributed by atoms with van der Waals surface area (Å²) in [6, 6.07) is 0. The summed E-state index contributed by atoms with van der Waals surface area (Å²) in [5.74, 6) is 1.57. The van der Waals surface area contributed by atoms with Gasteiger partial charge in [-0.15, -0.1) is 0 Å². The van der Waals surface area contributed by atoms with Crippen molar-refractivity contribution in [1.29, 1.82) is 0 Å². The molecule has 2 bridgehead atoms. The number of oxime groups is 1. The fourth-order valence-electron chi connectivity index (χ4n) is 3.04. The van der Waals surface area contributed by atoms with Crippen LogP contribution in [0.2, 0.25) is 0 Å². The summed E-state index contributed by atoms with van der Waals surface area (Å²) in [6.45, 7) is 0. The number of hydrogen-bond donors (Lipinski definition) is 0. The van der Waals surface area contributed by atoms with Crippen LogP contribution >= 0.6 is 0 Å². The van der Waals surface area contributed by atoms with Crippen LogP contribution in [0.15, 0.2) is 5.16 Å². The molecular formula is C9H13NO. The van der Waals surface area contributed by atoms with Gasteiger partial charge in [0.05, 0.1) is 1.37 Å². The predicted octanol–water partition coefficient (Wildman–Crippen LogP) is 1.95. The first-order chi connectivity index (χ1) is 5.78. The Kier molecular flexibility index (Phi) is 0.843. The zero-order chi connectivity index (χ0) is 8.18. The first kappa shape index (κ1) is 5.18. The van der Waals surface area contributed by atoms with E-state index in [0.29, 0.717) is 12.1 Å². The topological polar surface area (TPSA) is 21.6 Å². The number of rotatable bonds is 0. The minimum Gasteiger partial charge on any atom is -0.389 e. The van der Waals surface area contributed by atoms with Gasteiger partial charge in [-0.1, -0.05) is 5.16 Å². The Labute approximate surface area is 68.0 Å². The van der Waals surface area contributed by atoms with Gasteiger partial charge in [-0.2, -0.15) is 0 Å². The van der Waals surface area contributed by atoms with Gasteiger partial charge in [0.25, 0.3) is 0 Å². The van der Waals surface area contributed by atoms with Gasteiger partial charge in [0.1, 0.15) is 5.60 Å². The Hall–Kier alpha value is -0.530. The monoisotopic (exact) mass is 152 g/mol. The van der Waals surface area contributed by atoms with Crippen LogP contribution in [0.25, 0.3) is 0 Å². The zero-order valence-electron chi connectivity index (χ0n) is 7.55. The van der Waals surface area contributed by atoms with Crippen LogP contribution in [0.4, 0.5) is 0 Å². The summed E-state index contributed by atoms with van der Waals surface area (Å²) >= 11 is 0. The van der Waals surface area contributed by atoms with Gasteiger partial charge in [0.15, 0.2) is 0 Å². The van der Waals surface area contributed by atoms with Crippen LogP contribution < -0.4 is 0 Å². The minimum atomic E-state index is -0.0139. The van der Waals surface area contributed by atoms with Gasteiger partial charge in [-0.3, -0.25) is 0 Å². The summed E-state index contributed by atoms with van der Waals surface area (Å²) in [5, 5.41) is 3.77. The van der Waals surface area contributed by atoms with E-state index in [1.165, 1.54) is 19.3 Å². The van der Waals surface area contributed by atoms with Crippen molar-refractivity contribution >= 4 is 6.19 Å². The van der Waals surface area contributed by atoms with Gasteiger partial charge >= 0.3 is 0 Å². The molecule has 2 saturated carbocycles. The first-order valence-corrected chi connectivity index (χ1v) is 4.50. The summed E-state index contributed by atoms with van der Waals surface area (Å²) in [6.07, 6.45) is 6.37. The lowest BCUT2D eigenvalue weighted by molar-refractivity contribution is -0.0589. The van der Waals surface area contributed by atoms with Crippen molar-refractivity contribution < 1.29 is 6.21 Å². The molecule has 3 atom stereocenters. The van der Waals surface area contributed by atoms with Crippen molar-refractivity contribution in [2.45, 2.75) is 37.7 Å². The average Bonchev–Trinajstić information content (AvgIpc) is 2.67. The fraction of sp³-hybridized carbons (Fsp3) is 0.889. The number of hydrogen-bond acceptors (Lipinski definition) is 2. The molecule has 2 fully saturated rings. The Morgan fingerprint density at radius 2 is 2.64 bits per heavy atom.